The first-order valence-electron chi connectivity index (χ1n) is 13.6. The summed E-state index contributed by atoms with van der Waals surface area (Å²) in [7, 11) is -3.46. The fourth-order valence-corrected chi connectivity index (χ4v) is 16.0. The largest absolute Gasteiger partial charge is 0.243 e. The summed E-state index contributed by atoms with van der Waals surface area (Å²) in [4.78, 5) is 11.3. The molecule has 5 heterocycles. The van der Waals surface area contributed by atoms with E-state index in [1.165, 1.54) is 57.2 Å². The number of benzene rings is 2. The van der Waals surface area contributed by atoms with Crippen LogP contribution in [0, 0.1) is 0 Å². The molecule has 226 valence electrons. The van der Waals surface area contributed by atoms with E-state index in [1.807, 2.05) is 45.3 Å². The average molecular weight is 709 g/mol. The Labute approximate surface area is 271 Å². The van der Waals surface area contributed by atoms with Gasteiger partial charge in [-0.15, -0.1) is 45.3 Å². The molecule has 7 aromatic rings. The van der Waals surface area contributed by atoms with Gasteiger partial charge in [0.1, 0.15) is 0 Å². The van der Waals surface area contributed by atoms with Crippen molar-refractivity contribution >= 4 is 148 Å². The Balaban J connectivity index is 1.73. The van der Waals surface area contributed by atoms with Gasteiger partial charge in [0.15, 0.2) is 0 Å². The lowest BCUT2D eigenvalue weighted by atomic mass is 10.1. The maximum atomic E-state index is 5.66. The average Bonchev–Trinajstić information content (AvgIpc) is 3.63. The van der Waals surface area contributed by atoms with Gasteiger partial charge in [-0.25, -0.2) is 50.1 Å². The van der Waals surface area contributed by atoms with E-state index in [0.29, 0.717) is 0 Å². The molecule has 2 aromatic carbocycles. The van der Waals surface area contributed by atoms with Crippen LogP contribution < -0.4 is 0 Å². The van der Waals surface area contributed by atoms with Crippen LogP contribution in [0.3, 0.4) is 0 Å². The summed E-state index contributed by atoms with van der Waals surface area (Å²) >= 11 is 7.99. The zero-order chi connectivity index (χ0) is 30.3. The highest BCUT2D eigenvalue weighted by Gasteiger charge is 2.26. The molecule has 7 rings (SSSR count). The molecule has 10 heteroatoms. The van der Waals surface area contributed by atoms with E-state index in [2.05, 4.69) is 99.3 Å². The van der Waals surface area contributed by atoms with Gasteiger partial charge >= 0.3 is 0 Å². The number of thiophene rings is 4. The maximum Gasteiger partial charge on any atom is 0.0989 e. The summed E-state index contributed by atoms with van der Waals surface area (Å²) in [6.07, 6.45) is 28.9. The van der Waals surface area contributed by atoms with Crippen molar-refractivity contribution in [1.29, 1.82) is 0 Å². The molecule has 0 unspecified atom stereocenters. The number of rotatable bonds is 4. The summed E-state index contributed by atoms with van der Waals surface area (Å²) in [5, 5.41) is 5.17. The van der Waals surface area contributed by atoms with Crippen molar-refractivity contribution in [2.45, 2.75) is 16.8 Å². The summed E-state index contributed by atoms with van der Waals surface area (Å²) in [5.41, 5.74) is 4.33. The highest BCUT2D eigenvalue weighted by Crippen LogP contribution is 2.59. The van der Waals surface area contributed by atoms with Gasteiger partial charge in [0.05, 0.1) is 40.9 Å². The maximum absolute atomic E-state index is 5.66. The Morgan fingerprint density at radius 1 is 0.357 bits per heavy atom. The van der Waals surface area contributed by atoms with Crippen LogP contribution in [0.1, 0.15) is 0 Å². The van der Waals surface area contributed by atoms with Gasteiger partial charge in [-0.1, -0.05) is 0 Å². The van der Waals surface area contributed by atoms with Crippen molar-refractivity contribution < 1.29 is 0 Å². The Morgan fingerprint density at radius 3 is 0.714 bits per heavy atom. The first-order chi connectivity index (χ1) is 19.3. The van der Waals surface area contributed by atoms with Crippen LogP contribution in [0.25, 0.3) is 62.4 Å². The lowest BCUT2D eigenvalue weighted by Crippen LogP contribution is -1.91. The highest BCUT2D eigenvalue weighted by molar-refractivity contribution is 8.34. The molecule has 0 spiro atoms. The molecule has 0 fully saturated rings. The van der Waals surface area contributed by atoms with Gasteiger partial charge in [-0.3, -0.25) is 0 Å². The zero-order valence-electron chi connectivity index (χ0n) is 26.5. The quantitative estimate of drug-likeness (QED) is 0.170. The van der Waals surface area contributed by atoms with Crippen LogP contribution in [0.5, 0.6) is 0 Å². The second-order valence-electron chi connectivity index (χ2n) is 14.2. The van der Waals surface area contributed by atoms with Crippen molar-refractivity contribution in [3.8, 4) is 0 Å². The fraction of sp³-hybridized carbons (Fsp3) is 0.375. The number of aromatic nitrogens is 2. The molecule has 0 aliphatic carbocycles. The molecule has 0 N–H and O–H groups in total. The van der Waals surface area contributed by atoms with Gasteiger partial charge < -0.3 is 0 Å². The molecule has 0 radical (unpaired) electrons. The van der Waals surface area contributed by atoms with Gasteiger partial charge in [-0.05, 0) is 99.3 Å². The van der Waals surface area contributed by atoms with Crippen molar-refractivity contribution in [1.82, 2.24) is 9.97 Å². The van der Waals surface area contributed by atoms with E-state index in [4.69, 9.17) is 9.97 Å². The van der Waals surface area contributed by atoms with Crippen LogP contribution in [0.4, 0.5) is 0 Å². The summed E-state index contributed by atoms with van der Waals surface area (Å²) in [6.45, 7) is 0. The Kier molecular flexibility index (Phi) is 6.71. The zero-order valence-corrected chi connectivity index (χ0v) is 33.0. The first-order valence-corrected chi connectivity index (χ1v) is 28.2. The minimum atomic E-state index is -0.866. The molecule has 0 aliphatic rings. The van der Waals surface area contributed by atoms with Gasteiger partial charge in [0.25, 0.3) is 0 Å². The SMILES string of the molecule is CS(C)(C)c1cc2c3nc4c5cc(S(C)(C)C)sc5c5sc(S(C)(C)C)cc5c4nc3c3cc(S(C)(C)C)sc3c2s1. The molecular weight excluding hydrogens is 669 g/mol. The van der Waals surface area contributed by atoms with Crippen LogP contribution in [0.15, 0.2) is 41.1 Å². The van der Waals surface area contributed by atoms with Crippen LogP contribution in [-0.2, 0) is 0 Å². The molecule has 0 aliphatic heterocycles. The van der Waals surface area contributed by atoms with E-state index < -0.39 is 40.1 Å². The Hall–Kier alpha value is -0.720. The van der Waals surface area contributed by atoms with Crippen LogP contribution in [-0.4, -0.2) is 85.0 Å². The van der Waals surface area contributed by atoms with Crippen LogP contribution >= 0.6 is 85.5 Å². The number of fused-ring (bicyclic) bond motifs is 12. The Bertz CT molecular complexity index is 1920. The number of hydrogen-bond acceptors (Lipinski definition) is 6. The molecule has 0 saturated carbocycles. The van der Waals surface area contributed by atoms with Gasteiger partial charge in [0.2, 0.25) is 0 Å². The predicted molar refractivity (Wildman–Crippen MR) is 213 cm³/mol. The molecule has 0 atom stereocenters. The van der Waals surface area contributed by atoms with E-state index in [1.54, 1.807) is 0 Å². The molecule has 42 heavy (non-hydrogen) atoms. The summed E-state index contributed by atoms with van der Waals surface area (Å²) in [5.74, 6) is 0. The highest BCUT2D eigenvalue weighted by atomic mass is 32.3. The third-order valence-corrected chi connectivity index (χ3v) is 23.9. The molecule has 0 bridgehead atoms. The topological polar surface area (TPSA) is 25.8 Å². The van der Waals surface area contributed by atoms with E-state index in [0.717, 1.165) is 22.1 Å². The minimum Gasteiger partial charge on any atom is -0.243 e. The smallest absolute Gasteiger partial charge is 0.0989 e. The molecule has 0 amide bonds. The van der Waals surface area contributed by atoms with Crippen LogP contribution in [0.2, 0.25) is 0 Å². The monoisotopic (exact) mass is 708 g/mol. The third kappa shape index (κ3) is 4.65. The predicted octanol–water partition coefficient (Wildman–Crippen LogP) is 11.9. The van der Waals surface area contributed by atoms with E-state index >= 15 is 0 Å². The lowest BCUT2D eigenvalue weighted by molar-refractivity contribution is 1.44. The van der Waals surface area contributed by atoms with E-state index in [9.17, 15) is 0 Å². The van der Waals surface area contributed by atoms with Gasteiger partial charge in [-0.2, -0.15) is 0 Å². The minimum absolute atomic E-state index is 0.866. The third-order valence-electron chi connectivity index (χ3n) is 7.58. The second kappa shape index (κ2) is 9.41. The van der Waals surface area contributed by atoms with Crippen molar-refractivity contribution in [3.05, 3.63) is 24.3 Å². The first kappa shape index (κ1) is 30.0. The molecule has 0 saturated heterocycles. The normalized spacial score (nSPS) is 15.7. The van der Waals surface area contributed by atoms with E-state index in [-0.39, 0.29) is 0 Å². The van der Waals surface area contributed by atoms with Crippen molar-refractivity contribution in [2.75, 3.05) is 75.1 Å². The van der Waals surface area contributed by atoms with Crippen molar-refractivity contribution in [2.24, 2.45) is 0 Å². The fourth-order valence-electron chi connectivity index (χ4n) is 5.25. The lowest BCUT2D eigenvalue weighted by Gasteiger charge is -2.22. The summed E-state index contributed by atoms with van der Waals surface area (Å²) < 4.78 is 11.6. The summed E-state index contributed by atoms with van der Waals surface area (Å²) in [6, 6.07) is 9.84. The standard InChI is InChI=1S/C32H40N2S8/c1-39(2,3)21-13-17-25-26(18-14-22(40(4,5)6)36-30(18)29(17)35-21)34-28-20-16-24(42(10,11)12)38-32(20)31-19(27(28)33-25)15-23(37-31)41(7,8)9/h13-16H,1-12H3. The van der Waals surface area contributed by atoms with Gasteiger partial charge in [0, 0.05) is 38.4 Å². The second-order valence-corrected chi connectivity index (χ2v) is 35.9. The molecule has 5 aromatic heterocycles. The van der Waals surface area contributed by atoms with Crippen molar-refractivity contribution in [3.63, 3.8) is 0 Å². The number of hydrogen-bond donors (Lipinski definition) is 0. The molecular formula is C32H40N2S8. The molecule has 2 nitrogen and oxygen atoms in total. The number of nitrogens with zero attached hydrogens (tertiary/aromatic N) is 2. The Morgan fingerprint density at radius 2 is 0.548 bits per heavy atom.